The van der Waals surface area contributed by atoms with Gasteiger partial charge in [0.25, 0.3) is 0 Å². The summed E-state index contributed by atoms with van der Waals surface area (Å²) in [5.74, 6) is -0.353. The standard InChI is InChI=1S/C31H31FN6O4/c32-26-5-4-23(14-29(26)42-19-24-3-1-20(15-33)16-34-24)35-22-7-10-37(11-8-22)18-30-36-27-6-2-21(31(39)40)13-28(27)38(30)17-25-9-12-41-25/h1-6,13-14,16,22,25,35H,7-12,17-19H2,(H,39,40). The number of aromatic carboxylic acids is 1. The molecule has 0 spiro atoms. The lowest BCUT2D eigenvalue weighted by atomic mass is 10.0. The van der Waals surface area contributed by atoms with Crippen LogP contribution in [0.15, 0.2) is 54.7 Å². The number of carboxylic acids is 1. The Morgan fingerprint density at radius 2 is 2.00 bits per heavy atom. The van der Waals surface area contributed by atoms with Crippen molar-refractivity contribution in [2.24, 2.45) is 0 Å². The van der Waals surface area contributed by atoms with E-state index in [-0.39, 0.29) is 30.1 Å². The molecule has 0 radical (unpaired) electrons. The van der Waals surface area contributed by atoms with Crippen molar-refractivity contribution in [3.63, 3.8) is 0 Å². The summed E-state index contributed by atoms with van der Waals surface area (Å²) in [5.41, 5.74) is 3.70. The predicted octanol–water partition coefficient (Wildman–Crippen LogP) is 4.58. The lowest BCUT2D eigenvalue weighted by Crippen LogP contribution is -2.39. The highest BCUT2D eigenvalue weighted by Gasteiger charge is 2.25. The smallest absolute Gasteiger partial charge is 0.335 e. The molecule has 0 amide bonds. The summed E-state index contributed by atoms with van der Waals surface area (Å²) in [6, 6.07) is 15.4. The SMILES string of the molecule is N#Cc1ccc(COc2cc(NC3CCN(Cc4nc5ccc(C(=O)O)cc5n4CC4CCO4)CC3)ccc2F)nc1. The van der Waals surface area contributed by atoms with E-state index in [2.05, 4.69) is 19.8 Å². The van der Waals surface area contributed by atoms with Crippen LogP contribution in [0.1, 0.15) is 46.7 Å². The number of ether oxygens (including phenoxy) is 2. The van der Waals surface area contributed by atoms with Gasteiger partial charge in [-0.05, 0) is 61.7 Å². The Hall–Kier alpha value is -4.53. The van der Waals surface area contributed by atoms with E-state index in [1.165, 1.54) is 12.3 Å². The fourth-order valence-corrected chi connectivity index (χ4v) is 5.36. The summed E-state index contributed by atoms with van der Waals surface area (Å²) in [6.45, 7) is 3.88. The lowest BCUT2D eigenvalue weighted by molar-refractivity contribution is -0.0592. The van der Waals surface area contributed by atoms with Crippen molar-refractivity contribution in [2.75, 3.05) is 25.0 Å². The van der Waals surface area contributed by atoms with Gasteiger partial charge in [-0.25, -0.2) is 14.2 Å². The van der Waals surface area contributed by atoms with Crippen molar-refractivity contribution in [2.45, 2.75) is 51.1 Å². The molecule has 4 heterocycles. The minimum atomic E-state index is -0.955. The zero-order valence-electron chi connectivity index (χ0n) is 23.0. The van der Waals surface area contributed by atoms with Gasteiger partial charge < -0.3 is 24.5 Å². The number of nitrogens with zero attached hydrogens (tertiary/aromatic N) is 5. The van der Waals surface area contributed by atoms with Crippen LogP contribution in [0, 0.1) is 17.1 Å². The molecule has 2 saturated heterocycles. The number of hydrogen-bond acceptors (Lipinski definition) is 8. The van der Waals surface area contributed by atoms with Gasteiger partial charge in [0.2, 0.25) is 0 Å². The van der Waals surface area contributed by atoms with E-state index in [1.54, 1.807) is 42.5 Å². The fourth-order valence-electron chi connectivity index (χ4n) is 5.36. The first-order valence-corrected chi connectivity index (χ1v) is 14.1. The molecule has 1 atom stereocenters. The van der Waals surface area contributed by atoms with Gasteiger partial charge in [0.15, 0.2) is 11.6 Å². The average Bonchev–Trinajstić information content (AvgIpc) is 3.32. The van der Waals surface area contributed by atoms with Crippen molar-refractivity contribution in [3.8, 4) is 11.8 Å². The third kappa shape index (κ3) is 6.20. The molecular weight excluding hydrogens is 539 g/mol. The maximum absolute atomic E-state index is 14.4. The van der Waals surface area contributed by atoms with E-state index in [1.807, 2.05) is 6.07 Å². The molecule has 2 aromatic heterocycles. The first-order valence-electron chi connectivity index (χ1n) is 14.1. The van der Waals surface area contributed by atoms with Crippen molar-refractivity contribution in [1.82, 2.24) is 19.4 Å². The minimum absolute atomic E-state index is 0.0970. The quantitative estimate of drug-likeness (QED) is 0.282. The molecule has 2 N–H and O–H groups in total. The Kier molecular flexibility index (Phi) is 7.99. The molecule has 10 nitrogen and oxygen atoms in total. The van der Waals surface area contributed by atoms with Gasteiger partial charge >= 0.3 is 5.97 Å². The average molecular weight is 571 g/mol. The summed E-state index contributed by atoms with van der Waals surface area (Å²) in [4.78, 5) is 23.0. The summed E-state index contributed by atoms with van der Waals surface area (Å²) in [6.07, 6.45) is 4.37. The number of nitriles is 1. The summed E-state index contributed by atoms with van der Waals surface area (Å²) in [7, 11) is 0. The predicted molar refractivity (Wildman–Crippen MR) is 153 cm³/mol. The number of carboxylic acid groups (broad SMARTS) is 1. The Morgan fingerprint density at radius 3 is 2.69 bits per heavy atom. The van der Waals surface area contributed by atoms with Gasteiger partial charge in [-0.2, -0.15) is 5.26 Å². The van der Waals surface area contributed by atoms with Gasteiger partial charge in [-0.1, -0.05) is 0 Å². The maximum Gasteiger partial charge on any atom is 0.335 e. The number of anilines is 1. The number of likely N-dealkylation sites (tertiary alicyclic amines) is 1. The molecule has 42 heavy (non-hydrogen) atoms. The highest BCUT2D eigenvalue weighted by atomic mass is 19.1. The van der Waals surface area contributed by atoms with Crippen LogP contribution >= 0.6 is 0 Å². The molecular formula is C31H31FN6O4. The van der Waals surface area contributed by atoms with E-state index in [9.17, 15) is 14.3 Å². The second-order valence-electron chi connectivity index (χ2n) is 10.7. The second-order valence-corrected chi connectivity index (χ2v) is 10.7. The molecule has 6 rings (SSSR count). The number of benzene rings is 2. The molecule has 2 aromatic carbocycles. The Labute approximate surface area is 242 Å². The van der Waals surface area contributed by atoms with Crippen molar-refractivity contribution < 1.29 is 23.8 Å². The van der Waals surface area contributed by atoms with Gasteiger partial charge in [0.1, 0.15) is 18.5 Å². The summed E-state index contributed by atoms with van der Waals surface area (Å²) in [5, 5.41) is 21.9. The lowest BCUT2D eigenvalue weighted by Gasteiger charge is -2.33. The minimum Gasteiger partial charge on any atom is -0.484 e. The molecule has 0 aliphatic carbocycles. The number of imidazole rings is 1. The normalized spacial score (nSPS) is 17.5. The van der Waals surface area contributed by atoms with Crippen molar-refractivity contribution in [3.05, 3.63) is 83.2 Å². The topological polar surface area (TPSA) is 126 Å². The van der Waals surface area contributed by atoms with E-state index in [0.717, 1.165) is 61.5 Å². The molecule has 216 valence electrons. The van der Waals surface area contributed by atoms with Crippen molar-refractivity contribution >= 4 is 22.7 Å². The number of hydrogen-bond donors (Lipinski definition) is 2. The van der Waals surface area contributed by atoms with Crippen LogP contribution in [-0.2, 0) is 24.4 Å². The molecule has 11 heteroatoms. The number of fused-ring (bicyclic) bond motifs is 1. The van der Waals surface area contributed by atoms with E-state index >= 15 is 0 Å². The third-order valence-corrected chi connectivity index (χ3v) is 7.84. The number of nitrogens with one attached hydrogen (secondary N) is 1. The van der Waals surface area contributed by atoms with Gasteiger partial charge in [0.05, 0.1) is 47.0 Å². The van der Waals surface area contributed by atoms with Gasteiger partial charge in [-0.3, -0.25) is 9.88 Å². The number of aromatic nitrogens is 3. The number of carbonyl (C=O) groups is 1. The van der Waals surface area contributed by atoms with Crippen LogP contribution in [0.2, 0.25) is 0 Å². The number of halogens is 1. The zero-order valence-corrected chi connectivity index (χ0v) is 23.0. The zero-order chi connectivity index (χ0) is 29.1. The molecule has 4 aromatic rings. The molecule has 0 bridgehead atoms. The first-order chi connectivity index (χ1) is 20.4. The monoisotopic (exact) mass is 570 g/mol. The third-order valence-electron chi connectivity index (χ3n) is 7.84. The Morgan fingerprint density at radius 1 is 1.17 bits per heavy atom. The largest absolute Gasteiger partial charge is 0.484 e. The van der Waals surface area contributed by atoms with Crippen LogP contribution in [-0.4, -0.2) is 62.4 Å². The highest BCUT2D eigenvalue weighted by Crippen LogP contribution is 2.27. The first kappa shape index (κ1) is 27.6. The number of rotatable bonds is 10. The van der Waals surface area contributed by atoms with E-state index < -0.39 is 11.8 Å². The van der Waals surface area contributed by atoms with Crippen LogP contribution in [0.3, 0.4) is 0 Å². The summed E-state index contributed by atoms with van der Waals surface area (Å²) >= 11 is 0. The fraction of sp³-hybridized carbons (Fsp3) is 0.355. The van der Waals surface area contributed by atoms with Crippen LogP contribution in [0.5, 0.6) is 5.75 Å². The van der Waals surface area contributed by atoms with Gasteiger partial charge in [0, 0.05) is 43.7 Å². The van der Waals surface area contributed by atoms with Crippen LogP contribution in [0.4, 0.5) is 10.1 Å². The molecule has 1 unspecified atom stereocenters. The van der Waals surface area contributed by atoms with Crippen molar-refractivity contribution in [1.29, 1.82) is 5.26 Å². The maximum atomic E-state index is 14.4. The number of piperidine rings is 1. The van der Waals surface area contributed by atoms with Gasteiger partial charge in [-0.15, -0.1) is 0 Å². The van der Waals surface area contributed by atoms with E-state index in [4.69, 9.17) is 19.7 Å². The highest BCUT2D eigenvalue weighted by molar-refractivity contribution is 5.92. The van der Waals surface area contributed by atoms with Crippen LogP contribution in [0.25, 0.3) is 11.0 Å². The van der Waals surface area contributed by atoms with E-state index in [0.29, 0.717) is 24.3 Å². The molecule has 2 aliphatic rings. The molecule has 2 fully saturated rings. The van der Waals surface area contributed by atoms with Crippen LogP contribution < -0.4 is 10.1 Å². The second kappa shape index (κ2) is 12.1. The molecule has 0 saturated carbocycles. The summed E-state index contributed by atoms with van der Waals surface area (Å²) < 4.78 is 27.9. The number of pyridine rings is 1. The Balaban J connectivity index is 1.07. The Bertz CT molecular complexity index is 1620. The molecule has 2 aliphatic heterocycles.